The first-order valence-electron chi connectivity index (χ1n) is 5.77. The number of esters is 1. The molecule has 1 aromatic heterocycles. The topological polar surface area (TPSA) is 51.7 Å². The number of hydrogen-bond donors (Lipinski definition) is 0. The van der Waals surface area contributed by atoms with Gasteiger partial charge in [0.25, 0.3) is 0 Å². The van der Waals surface area contributed by atoms with Crippen LogP contribution in [0.15, 0.2) is 6.08 Å². The fraction of sp³-hybridized carbons (Fsp3) is 0.500. The van der Waals surface area contributed by atoms with Gasteiger partial charge in [-0.3, -0.25) is 0 Å². The van der Waals surface area contributed by atoms with Gasteiger partial charge < -0.3 is 14.4 Å². The first kappa shape index (κ1) is 13.0. The second-order valence-corrected chi connectivity index (χ2v) is 4.91. The van der Waals surface area contributed by atoms with Gasteiger partial charge in [0.2, 0.25) is 0 Å². The smallest absolute Gasteiger partial charge is 0.330 e. The molecule has 1 fully saturated rings. The lowest BCUT2D eigenvalue weighted by Gasteiger charge is -2.25. The van der Waals surface area contributed by atoms with Gasteiger partial charge in [0, 0.05) is 19.2 Å². The summed E-state index contributed by atoms with van der Waals surface area (Å²) in [5.74, 6) is -0.351. The molecule has 18 heavy (non-hydrogen) atoms. The molecule has 0 amide bonds. The van der Waals surface area contributed by atoms with Crippen molar-refractivity contribution < 1.29 is 14.3 Å². The summed E-state index contributed by atoms with van der Waals surface area (Å²) in [5, 5.41) is 0.986. The molecule has 98 valence electrons. The van der Waals surface area contributed by atoms with Crippen LogP contribution in [0.25, 0.3) is 6.08 Å². The number of hydrogen-bond acceptors (Lipinski definition) is 6. The first-order valence-corrected chi connectivity index (χ1v) is 6.58. The van der Waals surface area contributed by atoms with E-state index in [0.29, 0.717) is 0 Å². The van der Waals surface area contributed by atoms with E-state index in [-0.39, 0.29) is 5.97 Å². The lowest BCUT2D eigenvalue weighted by molar-refractivity contribution is -0.134. The van der Waals surface area contributed by atoms with E-state index in [1.807, 2.05) is 6.92 Å². The number of thiazole rings is 1. The van der Waals surface area contributed by atoms with Gasteiger partial charge in [-0.15, -0.1) is 0 Å². The highest BCUT2D eigenvalue weighted by molar-refractivity contribution is 7.16. The number of rotatable bonds is 3. The Kier molecular flexibility index (Phi) is 4.33. The number of morpholine rings is 1. The van der Waals surface area contributed by atoms with Crippen molar-refractivity contribution >= 4 is 28.5 Å². The van der Waals surface area contributed by atoms with Crippen molar-refractivity contribution in [1.82, 2.24) is 4.98 Å². The second-order valence-electron chi connectivity index (χ2n) is 3.90. The molecule has 0 saturated carbocycles. The Balaban J connectivity index is 2.10. The van der Waals surface area contributed by atoms with Gasteiger partial charge in [0.05, 0.1) is 30.9 Å². The minimum Gasteiger partial charge on any atom is -0.466 e. The standard InChI is InChI=1S/C12H16N2O3S/c1-9-10(3-4-11(15)16-2)18-12(13-9)14-5-7-17-8-6-14/h3-4H,5-8H2,1-2H3/b4-3+. The molecule has 6 heteroatoms. The average molecular weight is 268 g/mol. The van der Waals surface area contributed by atoms with Gasteiger partial charge in [-0.2, -0.15) is 0 Å². The monoisotopic (exact) mass is 268 g/mol. The van der Waals surface area contributed by atoms with E-state index < -0.39 is 0 Å². The number of methoxy groups -OCH3 is 1. The number of aryl methyl sites for hydroxylation is 1. The summed E-state index contributed by atoms with van der Waals surface area (Å²) >= 11 is 1.58. The third kappa shape index (κ3) is 3.08. The summed E-state index contributed by atoms with van der Waals surface area (Å²) in [6.07, 6.45) is 3.17. The minimum absolute atomic E-state index is 0.351. The third-order valence-corrected chi connectivity index (χ3v) is 3.86. The zero-order chi connectivity index (χ0) is 13.0. The van der Waals surface area contributed by atoms with Gasteiger partial charge in [0.15, 0.2) is 5.13 Å². The molecule has 0 N–H and O–H groups in total. The van der Waals surface area contributed by atoms with Crippen molar-refractivity contribution in [3.05, 3.63) is 16.6 Å². The van der Waals surface area contributed by atoms with Crippen LogP contribution in [-0.4, -0.2) is 44.4 Å². The van der Waals surface area contributed by atoms with Crippen molar-refractivity contribution in [1.29, 1.82) is 0 Å². The number of carbonyl (C=O) groups excluding carboxylic acids is 1. The average Bonchev–Trinajstić information content (AvgIpc) is 2.78. The summed E-state index contributed by atoms with van der Waals surface area (Å²) in [7, 11) is 1.37. The Morgan fingerprint density at radius 3 is 2.89 bits per heavy atom. The number of nitrogens with zero attached hydrogens (tertiary/aromatic N) is 2. The number of ether oxygens (including phenoxy) is 2. The third-order valence-electron chi connectivity index (χ3n) is 2.67. The maximum absolute atomic E-state index is 11.1. The quantitative estimate of drug-likeness (QED) is 0.614. The number of carbonyl (C=O) groups is 1. The molecule has 0 unspecified atom stereocenters. The maximum atomic E-state index is 11.1. The Labute approximate surface area is 110 Å². The SMILES string of the molecule is COC(=O)/C=C/c1sc(N2CCOCC2)nc1C. The van der Waals surface area contributed by atoms with Crippen LogP contribution >= 0.6 is 11.3 Å². The fourth-order valence-corrected chi connectivity index (χ4v) is 2.67. The molecule has 5 nitrogen and oxygen atoms in total. The van der Waals surface area contributed by atoms with E-state index in [2.05, 4.69) is 14.6 Å². The highest BCUT2D eigenvalue weighted by Gasteiger charge is 2.15. The van der Waals surface area contributed by atoms with Crippen molar-refractivity contribution in [2.24, 2.45) is 0 Å². The van der Waals surface area contributed by atoms with Crippen molar-refractivity contribution in [3.63, 3.8) is 0 Å². The zero-order valence-corrected chi connectivity index (χ0v) is 11.3. The molecule has 1 aliphatic rings. The van der Waals surface area contributed by atoms with Crippen molar-refractivity contribution in [2.75, 3.05) is 38.3 Å². The lowest BCUT2D eigenvalue weighted by Crippen LogP contribution is -2.36. The molecule has 0 radical (unpaired) electrons. The normalized spacial score (nSPS) is 16.2. The van der Waals surface area contributed by atoms with E-state index >= 15 is 0 Å². The Bertz CT molecular complexity index is 450. The van der Waals surface area contributed by atoms with E-state index in [1.165, 1.54) is 13.2 Å². The van der Waals surface area contributed by atoms with E-state index in [9.17, 15) is 4.79 Å². The Hall–Kier alpha value is -1.40. The Morgan fingerprint density at radius 1 is 1.50 bits per heavy atom. The second kappa shape index (κ2) is 5.97. The summed E-state index contributed by atoms with van der Waals surface area (Å²) in [4.78, 5) is 18.8. The van der Waals surface area contributed by atoms with Gasteiger partial charge in [0.1, 0.15) is 0 Å². The van der Waals surface area contributed by atoms with Crippen molar-refractivity contribution in [2.45, 2.75) is 6.92 Å². The predicted octanol–water partition coefficient (Wildman–Crippen LogP) is 1.47. The molecule has 2 rings (SSSR count). The van der Waals surface area contributed by atoms with E-state index in [4.69, 9.17) is 4.74 Å². The molecule has 0 aromatic carbocycles. The van der Waals surface area contributed by atoms with Crippen LogP contribution in [0.4, 0.5) is 5.13 Å². The van der Waals surface area contributed by atoms with Gasteiger partial charge in [-0.25, -0.2) is 9.78 Å². The predicted molar refractivity (Wildman–Crippen MR) is 70.9 cm³/mol. The summed E-state index contributed by atoms with van der Waals surface area (Å²) in [6, 6.07) is 0. The maximum Gasteiger partial charge on any atom is 0.330 e. The van der Waals surface area contributed by atoms with Crippen molar-refractivity contribution in [3.8, 4) is 0 Å². The van der Waals surface area contributed by atoms with Gasteiger partial charge in [-0.1, -0.05) is 11.3 Å². The highest BCUT2D eigenvalue weighted by atomic mass is 32.1. The molecule has 1 aromatic rings. The number of anilines is 1. The van der Waals surface area contributed by atoms with Crippen LogP contribution in [0, 0.1) is 6.92 Å². The molecule has 1 aliphatic heterocycles. The molecular formula is C12H16N2O3S. The lowest BCUT2D eigenvalue weighted by atomic mass is 10.3. The van der Waals surface area contributed by atoms with E-state index in [1.54, 1.807) is 17.4 Å². The van der Waals surface area contributed by atoms with Crippen LogP contribution in [-0.2, 0) is 14.3 Å². The molecular weight excluding hydrogens is 252 g/mol. The van der Waals surface area contributed by atoms with Crippen LogP contribution in [0.3, 0.4) is 0 Å². The number of aromatic nitrogens is 1. The van der Waals surface area contributed by atoms with Gasteiger partial charge >= 0.3 is 5.97 Å². The van der Waals surface area contributed by atoms with Crippen LogP contribution in [0.1, 0.15) is 10.6 Å². The molecule has 0 atom stereocenters. The van der Waals surface area contributed by atoms with E-state index in [0.717, 1.165) is 42.0 Å². The molecule has 1 saturated heterocycles. The van der Waals surface area contributed by atoms with Crippen LogP contribution in [0.2, 0.25) is 0 Å². The molecule has 2 heterocycles. The minimum atomic E-state index is -0.351. The first-order chi connectivity index (χ1) is 8.70. The fourth-order valence-electron chi connectivity index (χ4n) is 1.65. The zero-order valence-electron chi connectivity index (χ0n) is 10.5. The largest absolute Gasteiger partial charge is 0.466 e. The Morgan fingerprint density at radius 2 is 2.22 bits per heavy atom. The van der Waals surface area contributed by atoms with Crippen LogP contribution in [0.5, 0.6) is 0 Å². The highest BCUT2D eigenvalue weighted by Crippen LogP contribution is 2.27. The molecule has 0 spiro atoms. The molecule has 0 aliphatic carbocycles. The molecule has 0 bridgehead atoms. The summed E-state index contributed by atoms with van der Waals surface area (Å²) in [6.45, 7) is 5.16. The van der Waals surface area contributed by atoms with Gasteiger partial charge in [-0.05, 0) is 13.0 Å². The summed E-state index contributed by atoms with van der Waals surface area (Å²) < 4.78 is 9.88. The summed E-state index contributed by atoms with van der Waals surface area (Å²) in [5.41, 5.74) is 0.932. The van der Waals surface area contributed by atoms with Crippen LogP contribution < -0.4 is 4.90 Å².